The van der Waals surface area contributed by atoms with Crippen LogP contribution in [-0.2, 0) is 14.4 Å². The minimum absolute atomic E-state index is 0.00135. The molecule has 3 amide bonds. The van der Waals surface area contributed by atoms with E-state index in [9.17, 15) is 19.5 Å². The van der Waals surface area contributed by atoms with E-state index in [1.807, 2.05) is 20.8 Å². The molecule has 3 fully saturated rings. The first-order valence-corrected chi connectivity index (χ1v) is 13.9. The van der Waals surface area contributed by atoms with Crippen molar-refractivity contribution in [1.29, 1.82) is 0 Å². The molecule has 1 aromatic carbocycles. The van der Waals surface area contributed by atoms with Crippen molar-refractivity contribution in [1.82, 2.24) is 10.2 Å². The average molecular weight is 522 g/mol. The predicted octanol–water partition coefficient (Wildman–Crippen LogP) is 3.55. The zero-order chi connectivity index (χ0) is 25.5. The third-order valence-electron chi connectivity index (χ3n) is 7.74. The number of thioether (sulfide) groups is 1. The van der Waals surface area contributed by atoms with Crippen LogP contribution in [0.5, 0.6) is 0 Å². The molecule has 3 unspecified atom stereocenters. The van der Waals surface area contributed by atoms with Crippen LogP contribution >= 0.6 is 23.4 Å². The number of carbonyl (C=O) groups excluding carboxylic acids is 3. The first kappa shape index (κ1) is 26.3. The lowest BCUT2D eigenvalue weighted by Crippen LogP contribution is -2.57. The Bertz CT molecular complexity index is 974. The molecule has 7 atom stereocenters. The molecule has 2 bridgehead atoms. The van der Waals surface area contributed by atoms with Gasteiger partial charge in [-0.3, -0.25) is 14.4 Å². The molecule has 0 aromatic heterocycles. The fourth-order valence-electron chi connectivity index (χ4n) is 6.38. The number of rotatable bonds is 9. The largest absolute Gasteiger partial charge is 0.394 e. The van der Waals surface area contributed by atoms with Gasteiger partial charge in [-0.1, -0.05) is 39.3 Å². The first-order valence-electron chi connectivity index (χ1n) is 12.6. The third kappa shape index (κ3) is 4.46. The van der Waals surface area contributed by atoms with Crippen LogP contribution in [0.15, 0.2) is 24.3 Å². The first-order chi connectivity index (χ1) is 16.6. The van der Waals surface area contributed by atoms with Gasteiger partial charge in [-0.2, -0.15) is 0 Å². The number of hydrogen-bond donors (Lipinski definition) is 3. The molecule has 7 nitrogen and oxygen atoms in total. The summed E-state index contributed by atoms with van der Waals surface area (Å²) in [7, 11) is 0. The standard InChI is InChI=1S/C26H36ClN3O4S/c1-5-10-28-23(32)20-19-12-15(4)26(35-19)21(20)25(34)30(18(13-31)11-14(2)3)22(26)24(33)29-17-8-6-16(27)7-9-17/h6-9,14-15,18-22,31H,5,10-13H2,1-4H3,(H,28,32)(H,29,33)/t15?,18-,19+,20-,21+,22?,26?/m1/s1. The van der Waals surface area contributed by atoms with Crippen LogP contribution in [0.3, 0.4) is 0 Å². The summed E-state index contributed by atoms with van der Waals surface area (Å²) in [5.74, 6) is -1.31. The zero-order valence-corrected chi connectivity index (χ0v) is 22.4. The second-order valence-corrected chi connectivity index (χ2v) is 12.5. The molecule has 3 saturated heterocycles. The molecule has 192 valence electrons. The summed E-state index contributed by atoms with van der Waals surface area (Å²) in [6, 6.07) is 5.61. The topological polar surface area (TPSA) is 98.7 Å². The molecule has 1 aromatic rings. The molecule has 1 spiro atoms. The number of halogens is 1. The molecule has 3 N–H and O–H groups in total. The highest BCUT2D eigenvalue weighted by molar-refractivity contribution is 8.02. The molecular weight excluding hydrogens is 486 g/mol. The number of aliphatic hydroxyl groups excluding tert-OH is 1. The van der Waals surface area contributed by atoms with Crippen LogP contribution in [0.4, 0.5) is 5.69 Å². The van der Waals surface area contributed by atoms with Gasteiger partial charge in [0.1, 0.15) is 6.04 Å². The van der Waals surface area contributed by atoms with E-state index in [1.54, 1.807) is 40.9 Å². The lowest BCUT2D eigenvalue weighted by molar-refractivity contribution is -0.142. The quantitative estimate of drug-likeness (QED) is 0.461. The van der Waals surface area contributed by atoms with Crippen LogP contribution in [-0.4, -0.2) is 63.0 Å². The number of amides is 3. The minimum Gasteiger partial charge on any atom is -0.394 e. The lowest BCUT2D eigenvalue weighted by atomic mass is 9.66. The molecular formula is C26H36ClN3O4S. The number of carbonyl (C=O) groups is 3. The van der Waals surface area contributed by atoms with Crippen molar-refractivity contribution in [2.24, 2.45) is 23.7 Å². The average Bonchev–Trinajstić information content (AvgIpc) is 3.41. The molecule has 0 saturated carbocycles. The van der Waals surface area contributed by atoms with Crippen molar-refractivity contribution in [2.75, 3.05) is 18.5 Å². The number of likely N-dealkylation sites (tertiary alicyclic amines) is 1. The second kappa shape index (κ2) is 10.3. The van der Waals surface area contributed by atoms with Crippen molar-refractivity contribution >= 4 is 46.8 Å². The summed E-state index contributed by atoms with van der Waals surface area (Å²) >= 11 is 7.66. The monoisotopic (exact) mass is 521 g/mol. The Morgan fingerprint density at radius 1 is 1.26 bits per heavy atom. The highest BCUT2D eigenvalue weighted by Crippen LogP contribution is 2.68. The maximum absolute atomic E-state index is 14.1. The van der Waals surface area contributed by atoms with Gasteiger partial charge in [0, 0.05) is 22.5 Å². The van der Waals surface area contributed by atoms with E-state index in [-0.39, 0.29) is 41.4 Å². The van der Waals surface area contributed by atoms with Crippen LogP contribution in [0, 0.1) is 23.7 Å². The van der Waals surface area contributed by atoms with E-state index in [0.717, 1.165) is 12.8 Å². The van der Waals surface area contributed by atoms with Gasteiger partial charge < -0.3 is 20.6 Å². The Morgan fingerprint density at radius 2 is 1.94 bits per heavy atom. The number of nitrogens with one attached hydrogen (secondary N) is 2. The normalized spacial score (nSPS) is 32.1. The van der Waals surface area contributed by atoms with Crippen molar-refractivity contribution < 1.29 is 19.5 Å². The molecule has 4 rings (SSSR count). The summed E-state index contributed by atoms with van der Waals surface area (Å²) in [4.78, 5) is 42.9. The Morgan fingerprint density at radius 3 is 2.54 bits per heavy atom. The van der Waals surface area contributed by atoms with Crippen LogP contribution in [0.25, 0.3) is 0 Å². The van der Waals surface area contributed by atoms with Gasteiger partial charge >= 0.3 is 0 Å². The van der Waals surface area contributed by atoms with E-state index >= 15 is 0 Å². The van der Waals surface area contributed by atoms with Gasteiger partial charge in [-0.25, -0.2) is 0 Å². The summed E-state index contributed by atoms with van der Waals surface area (Å²) < 4.78 is -0.711. The Hall–Kier alpha value is -1.77. The smallest absolute Gasteiger partial charge is 0.248 e. The number of anilines is 1. The number of nitrogens with zero attached hydrogens (tertiary/aromatic N) is 1. The van der Waals surface area contributed by atoms with Gasteiger partial charge in [0.05, 0.1) is 29.2 Å². The number of aliphatic hydroxyl groups is 1. The van der Waals surface area contributed by atoms with Crippen LogP contribution in [0.2, 0.25) is 5.02 Å². The van der Waals surface area contributed by atoms with E-state index < -0.39 is 28.7 Å². The summed E-state index contributed by atoms with van der Waals surface area (Å²) in [5, 5.41) is 16.9. The number of fused-ring (bicyclic) bond motifs is 1. The van der Waals surface area contributed by atoms with E-state index in [4.69, 9.17) is 11.6 Å². The molecule has 3 aliphatic heterocycles. The number of benzene rings is 1. The van der Waals surface area contributed by atoms with Crippen LogP contribution in [0.1, 0.15) is 47.0 Å². The molecule has 3 aliphatic rings. The van der Waals surface area contributed by atoms with Gasteiger partial charge in [-0.05, 0) is 55.4 Å². The SMILES string of the molecule is CCCNC(=O)[C@@H]1[C@@H]2CC(C)C3(S2)C(C(=O)Nc2ccc(Cl)cc2)N([C@@H](CO)CC(C)C)C(=O)[C@H]13. The number of hydrogen-bond acceptors (Lipinski definition) is 5. The summed E-state index contributed by atoms with van der Waals surface area (Å²) in [6.45, 7) is 8.50. The second-order valence-electron chi connectivity index (χ2n) is 10.6. The fraction of sp³-hybridized carbons (Fsp3) is 0.654. The molecule has 35 heavy (non-hydrogen) atoms. The minimum atomic E-state index is -0.777. The van der Waals surface area contributed by atoms with Gasteiger partial charge in [0.15, 0.2) is 0 Å². The highest BCUT2D eigenvalue weighted by atomic mass is 35.5. The Labute approximate surface area is 216 Å². The Balaban J connectivity index is 1.76. The van der Waals surface area contributed by atoms with Crippen molar-refractivity contribution in [3.8, 4) is 0 Å². The lowest BCUT2D eigenvalue weighted by Gasteiger charge is -2.40. The zero-order valence-electron chi connectivity index (χ0n) is 20.8. The Kier molecular flexibility index (Phi) is 7.74. The van der Waals surface area contributed by atoms with Gasteiger partial charge in [0.25, 0.3) is 0 Å². The van der Waals surface area contributed by atoms with E-state index in [2.05, 4.69) is 17.6 Å². The van der Waals surface area contributed by atoms with Crippen molar-refractivity contribution in [3.05, 3.63) is 29.3 Å². The maximum Gasteiger partial charge on any atom is 0.248 e. The van der Waals surface area contributed by atoms with E-state index in [1.165, 1.54) is 0 Å². The molecule has 9 heteroatoms. The van der Waals surface area contributed by atoms with Gasteiger partial charge in [0.2, 0.25) is 17.7 Å². The summed E-state index contributed by atoms with van der Waals surface area (Å²) in [5.41, 5.74) is 0.596. The van der Waals surface area contributed by atoms with Crippen molar-refractivity contribution in [2.45, 2.75) is 69.0 Å². The maximum atomic E-state index is 14.1. The van der Waals surface area contributed by atoms with Crippen molar-refractivity contribution in [3.63, 3.8) is 0 Å². The fourth-order valence-corrected chi connectivity index (χ4v) is 8.92. The van der Waals surface area contributed by atoms with Crippen LogP contribution < -0.4 is 10.6 Å². The van der Waals surface area contributed by atoms with E-state index in [0.29, 0.717) is 23.7 Å². The predicted molar refractivity (Wildman–Crippen MR) is 139 cm³/mol. The summed E-state index contributed by atoms with van der Waals surface area (Å²) in [6.07, 6.45) is 2.17. The molecule has 0 radical (unpaired) electrons. The third-order valence-corrected chi connectivity index (χ3v) is 10.1. The molecule has 3 heterocycles. The highest BCUT2D eigenvalue weighted by Gasteiger charge is 2.76. The molecule has 0 aliphatic carbocycles. The van der Waals surface area contributed by atoms with Gasteiger partial charge in [-0.15, -0.1) is 11.8 Å².